The first-order valence-electron chi connectivity index (χ1n) is 6.41. The largest absolute Gasteiger partial charge is 0.349 e. The SMILES string of the molecule is CC(C)NCc1ccn(Cc2cccnc2C#N)c1. The van der Waals surface area contributed by atoms with Crippen molar-refractivity contribution in [2.24, 2.45) is 0 Å². The Morgan fingerprint density at radius 1 is 1.42 bits per heavy atom. The van der Waals surface area contributed by atoms with Gasteiger partial charge in [-0.1, -0.05) is 19.9 Å². The van der Waals surface area contributed by atoms with Gasteiger partial charge in [-0.2, -0.15) is 5.26 Å². The molecule has 0 aliphatic rings. The standard InChI is InChI=1S/C15H18N4/c1-12(2)18-9-13-5-7-19(10-13)11-14-4-3-6-17-15(14)8-16/h3-7,10,12,18H,9,11H2,1-2H3. The smallest absolute Gasteiger partial charge is 0.145 e. The minimum Gasteiger partial charge on any atom is -0.349 e. The molecule has 1 N–H and O–H groups in total. The van der Waals surface area contributed by atoms with E-state index in [2.05, 4.69) is 47.0 Å². The topological polar surface area (TPSA) is 53.6 Å². The molecule has 0 spiro atoms. The zero-order valence-corrected chi connectivity index (χ0v) is 11.3. The normalized spacial score (nSPS) is 10.6. The van der Waals surface area contributed by atoms with E-state index in [4.69, 9.17) is 5.26 Å². The van der Waals surface area contributed by atoms with Gasteiger partial charge in [0.05, 0.1) is 0 Å². The zero-order valence-electron chi connectivity index (χ0n) is 11.3. The number of nitrogens with one attached hydrogen (secondary N) is 1. The summed E-state index contributed by atoms with van der Waals surface area (Å²) in [6.45, 7) is 5.80. The molecule has 0 aliphatic carbocycles. The van der Waals surface area contributed by atoms with Gasteiger partial charge in [0.15, 0.2) is 0 Å². The molecule has 2 aromatic heterocycles. The lowest BCUT2D eigenvalue weighted by Crippen LogP contribution is -2.21. The monoisotopic (exact) mass is 254 g/mol. The molecule has 4 heteroatoms. The van der Waals surface area contributed by atoms with Crippen molar-refractivity contribution in [2.45, 2.75) is 33.0 Å². The number of aromatic nitrogens is 2. The van der Waals surface area contributed by atoms with E-state index in [0.717, 1.165) is 12.1 Å². The Kier molecular flexibility index (Phi) is 4.32. The zero-order chi connectivity index (χ0) is 13.7. The molecule has 2 rings (SSSR count). The molecule has 2 aromatic rings. The fourth-order valence-corrected chi connectivity index (χ4v) is 1.88. The highest BCUT2D eigenvalue weighted by atomic mass is 15.0. The van der Waals surface area contributed by atoms with Gasteiger partial charge in [0.25, 0.3) is 0 Å². The first-order valence-corrected chi connectivity index (χ1v) is 6.41. The van der Waals surface area contributed by atoms with E-state index in [-0.39, 0.29) is 0 Å². The second kappa shape index (κ2) is 6.17. The van der Waals surface area contributed by atoms with E-state index in [9.17, 15) is 0 Å². The van der Waals surface area contributed by atoms with Gasteiger partial charge in [-0.15, -0.1) is 0 Å². The highest BCUT2D eigenvalue weighted by Gasteiger charge is 2.04. The van der Waals surface area contributed by atoms with Crippen molar-refractivity contribution in [3.05, 3.63) is 53.6 Å². The summed E-state index contributed by atoms with van der Waals surface area (Å²) < 4.78 is 2.08. The highest BCUT2D eigenvalue weighted by Crippen LogP contribution is 2.09. The van der Waals surface area contributed by atoms with E-state index in [1.54, 1.807) is 6.20 Å². The molecular formula is C15H18N4. The van der Waals surface area contributed by atoms with E-state index in [0.29, 0.717) is 18.3 Å². The van der Waals surface area contributed by atoms with Crippen LogP contribution >= 0.6 is 0 Å². The van der Waals surface area contributed by atoms with E-state index in [1.165, 1.54) is 5.56 Å². The second-order valence-electron chi connectivity index (χ2n) is 4.85. The summed E-state index contributed by atoms with van der Waals surface area (Å²) in [5.41, 5.74) is 2.69. The summed E-state index contributed by atoms with van der Waals surface area (Å²) in [6, 6.07) is 8.50. The lowest BCUT2D eigenvalue weighted by Gasteiger charge is -2.06. The third-order valence-corrected chi connectivity index (χ3v) is 2.88. The summed E-state index contributed by atoms with van der Waals surface area (Å²) in [5, 5.41) is 12.4. The van der Waals surface area contributed by atoms with Crippen molar-refractivity contribution in [3.8, 4) is 6.07 Å². The van der Waals surface area contributed by atoms with Crippen LogP contribution < -0.4 is 5.32 Å². The van der Waals surface area contributed by atoms with Crippen molar-refractivity contribution in [1.29, 1.82) is 5.26 Å². The summed E-state index contributed by atoms with van der Waals surface area (Å²) in [4.78, 5) is 4.07. The van der Waals surface area contributed by atoms with Crippen LogP contribution in [0.2, 0.25) is 0 Å². The molecule has 4 nitrogen and oxygen atoms in total. The molecule has 0 saturated carbocycles. The van der Waals surface area contributed by atoms with Crippen LogP contribution in [0.1, 0.15) is 30.7 Å². The van der Waals surface area contributed by atoms with Gasteiger partial charge in [-0.05, 0) is 17.7 Å². The lowest BCUT2D eigenvalue weighted by molar-refractivity contribution is 0.588. The van der Waals surface area contributed by atoms with Crippen LogP contribution in [0.4, 0.5) is 0 Å². The summed E-state index contributed by atoms with van der Waals surface area (Å²) in [7, 11) is 0. The first kappa shape index (κ1) is 13.3. The average Bonchev–Trinajstić information content (AvgIpc) is 2.85. The minimum atomic E-state index is 0.479. The van der Waals surface area contributed by atoms with Crippen LogP contribution in [0.15, 0.2) is 36.8 Å². The molecule has 19 heavy (non-hydrogen) atoms. The molecule has 0 atom stereocenters. The molecule has 0 radical (unpaired) electrons. The van der Waals surface area contributed by atoms with E-state index in [1.807, 2.05) is 18.3 Å². The number of rotatable bonds is 5. The van der Waals surface area contributed by atoms with Gasteiger partial charge in [0.1, 0.15) is 11.8 Å². The Morgan fingerprint density at radius 2 is 2.26 bits per heavy atom. The van der Waals surface area contributed by atoms with Crippen molar-refractivity contribution in [2.75, 3.05) is 0 Å². The van der Waals surface area contributed by atoms with Gasteiger partial charge in [0, 0.05) is 43.3 Å². The van der Waals surface area contributed by atoms with Gasteiger partial charge in [-0.3, -0.25) is 0 Å². The van der Waals surface area contributed by atoms with Crippen LogP contribution in [0.25, 0.3) is 0 Å². The molecular weight excluding hydrogens is 236 g/mol. The molecule has 0 aromatic carbocycles. The minimum absolute atomic E-state index is 0.479. The lowest BCUT2D eigenvalue weighted by atomic mass is 10.2. The quantitative estimate of drug-likeness (QED) is 0.890. The van der Waals surface area contributed by atoms with Crippen LogP contribution in [-0.4, -0.2) is 15.6 Å². The number of pyridine rings is 1. The van der Waals surface area contributed by atoms with E-state index >= 15 is 0 Å². The fraction of sp³-hybridized carbons (Fsp3) is 0.333. The van der Waals surface area contributed by atoms with Gasteiger partial charge in [0.2, 0.25) is 0 Å². The number of hydrogen-bond acceptors (Lipinski definition) is 3. The Hall–Kier alpha value is -2.12. The summed E-state index contributed by atoms with van der Waals surface area (Å²) in [5.74, 6) is 0. The maximum Gasteiger partial charge on any atom is 0.145 e. The molecule has 0 saturated heterocycles. The third-order valence-electron chi connectivity index (χ3n) is 2.88. The number of nitriles is 1. The van der Waals surface area contributed by atoms with Crippen LogP contribution in [0.3, 0.4) is 0 Å². The molecule has 0 aliphatic heterocycles. The molecule has 0 bridgehead atoms. The Labute approximate surface area is 113 Å². The third kappa shape index (κ3) is 3.67. The molecule has 2 heterocycles. The van der Waals surface area contributed by atoms with Crippen molar-refractivity contribution >= 4 is 0 Å². The fourth-order valence-electron chi connectivity index (χ4n) is 1.88. The summed E-state index contributed by atoms with van der Waals surface area (Å²) in [6.07, 6.45) is 5.78. The van der Waals surface area contributed by atoms with Crippen LogP contribution in [-0.2, 0) is 13.1 Å². The predicted molar refractivity (Wildman–Crippen MR) is 74.5 cm³/mol. The van der Waals surface area contributed by atoms with Crippen LogP contribution in [0, 0.1) is 11.3 Å². The van der Waals surface area contributed by atoms with Crippen molar-refractivity contribution in [3.63, 3.8) is 0 Å². The summed E-state index contributed by atoms with van der Waals surface area (Å²) >= 11 is 0. The molecule has 0 amide bonds. The van der Waals surface area contributed by atoms with Crippen molar-refractivity contribution < 1.29 is 0 Å². The maximum absolute atomic E-state index is 9.02. The van der Waals surface area contributed by atoms with Gasteiger partial charge >= 0.3 is 0 Å². The molecule has 0 unspecified atom stereocenters. The Morgan fingerprint density at radius 3 is 3.00 bits per heavy atom. The van der Waals surface area contributed by atoms with Gasteiger partial charge < -0.3 is 9.88 Å². The van der Waals surface area contributed by atoms with Gasteiger partial charge in [-0.25, -0.2) is 4.98 Å². The Balaban J connectivity index is 2.06. The number of hydrogen-bond donors (Lipinski definition) is 1. The maximum atomic E-state index is 9.02. The molecule has 0 fully saturated rings. The average molecular weight is 254 g/mol. The first-order chi connectivity index (χ1) is 9.19. The second-order valence-corrected chi connectivity index (χ2v) is 4.85. The molecule has 98 valence electrons. The van der Waals surface area contributed by atoms with Crippen LogP contribution in [0.5, 0.6) is 0 Å². The van der Waals surface area contributed by atoms with Crippen molar-refractivity contribution in [1.82, 2.24) is 14.9 Å². The Bertz CT molecular complexity index is 578. The predicted octanol–water partition coefficient (Wildman–Crippen LogP) is 2.30. The highest BCUT2D eigenvalue weighted by molar-refractivity contribution is 5.31. The van der Waals surface area contributed by atoms with E-state index < -0.39 is 0 Å². The number of nitrogens with zero attached hydrogens (tertiary/aromatic N) is 3.